The number of nitrogens with zero attached hydrogens (tertiary/aromatic N) is 2. The van der Waals surface area contributed by atoms with Crippen molar-refractivity contribution in [3.05, 3.63) is 41.5 Å². The van der Waals surface area contributed by atoms with Gasteiger partial charge in [-0.15, -0.1) is 0 Å². The summed E-state index contributed by atoms with van der Waals surface area (Å²) in [5.74, 6) is 0.310. The Morgan fingerprint density at radius 2 is 2.12 bits per heavy atom. The van der Waals surface area contributed by atoms with Crippen molar-refractivity contribution in [1.82, 2.24) is 14.9 Å². The van der Waals surface area contributed by atoms with E-state index >= 15 is 0 Å². The Hall–Kier alpha value is -2.71. The molecule has 0 aliphatic rings. The average molecular weight is 356 g/mol. The Kier molecular flexibility index (Phi) is 5.55. The lowest BCUT2D eigenvalue weighted by Gasteiger charge is -2.18. The highest BCUT2D eigenvalue weighted by molar-refractivity contribution is 5.89. The van der Waals surface area contributed by atoms with E-state index in [1.54, 1.807) is 13.1 Å². The third-order valence-electron chi connectivity index (χ3n) is 3.33. The maximum atomic E-state index is 13.1. The molecule has 9 heteroatoms. The molecule has 2 N–H and O–H groups in total. The number of halogens is 3. The number of aromatic amines is 1. The largest absolute Gasteiger partial charge is 0.493 e. The minimum Gasteiger partial charge on any atom is -0.493 e. The summed E-state index contributed by atoms with van der Waals surface area (Å²) in [5, 5.41) is 2.44. The molecule has 0 bridgehead atoms. The number of imidazole rings is 1. The number of anilines is 1. The molecule has 1 aromatic heterocycles. The Morgan fingerprint density at radius 1 is 1.40 bits per heavy atom. The zero-order valence-electron chi connectivity index (χ0n) is 14.1. The van der Waals surface area contributed by atoms with E-state index in [2.05, 4.69) is 15.3 Å². The Bertz CT molecular complexity index is 743. The van der Waals surface area contributed by atoms with Crippen LogP contribution in [-0.2, 0) is 12.7 Å². The van der Waals surface area contributed by atoms with Crippen LogP contribution in [0, 0.1) is 6.92 Å². The SMILES string of the molecule is CCOc1ccc(NC(=O)N(C)Cc2ncc(C)[nH]2)cc1C(F)(F)F. The van der Waals surface area contributed by atoms with Crippen molar-refractivity contribution in [3.8, 4) is 5.75 Å². The van der Waals surface area contributed by atoms with Gasteiger partial charge < -0.3 is 19.9 Å². The molecule has 0 aliphatic carbocycles. The van der Waals surface area contributed by atoms with Gasteiger partial charge in [-0.05, 0) is 32.0 Å². The third-order valence-corrected chi connectivity index (χ3v) is 3.33. The highest BCUT2D eigenvalue weighted by Gasteiger charge is 2.34. The van der Waals surface area contributed by atoms with Crippen LogP contribution >= 0.6 is 0 Å². The van der Waals surface area contributed by atoms with Crippen LogP contribution < -0.4 is 10.1 Å². The lowest BCUT2D eigenvalue weighted by atomic mass is 10.1. The van der Waals surface area contributed by atoms with E-state index in [9.17, 15) is 18.0 Å². The van der Waals surface area contributed by atoms with Crippen molar-refractivity contribution in [2.45, 2.75) is 26.6 Å². The van der Waals surface area contributed by atoms with Gasteiger partial charge in [0.15, 0.2) is 0 Å². The summed E-state index contributed by atoms with van der Waals surface area (Å²) in [6.45, 7) is 3.74. The van der Waals surface area contributed by atoms with Crippen molar-refractivity contribution in [2.75, 3.05) is 19.0 Å². The van der Waals surface area contributed by atoms with Crippen LogP contribution in [0.4, 0.5) is 23.7 Å². The molecular formula is C16H19F3N4O2. The first-order chi connectivity index (χ1) is 11.7. The minimum atomic E-state index is -4.58. The minimum absolute atomic E-state index is 0.0308. The smallest absolute Gasteiger partial charge is 0.420 e. The van der Waals surface area contributed by atoms with Gasteiger partial charge in [-0.25, -0.2) is 9.78 Å². The molecule has 25 heavy (non-hydrogen) atoms. The highest BCUT2D eigenvalue weighted by Crippen LogP contribution is 2.37. The molecule has 0 unspecified atom stereocenters. The van der Waals surface area contributed by atoms with Crippen LogP contribution in [0.5, 0.6) is 5.75 Å². The maximum absolute atomic E-state index is 13.1. The van der Waals surface area contributed by atoms with Crippen LogP contribution in [0.1, 0.15) is 24.0 Å². The molecule has 2 aromatic rings. The summed E-state index contributed by atoms with van der Waals surface area (Å²) in [6, 6.07) is 2.86. The summed E-state index contributed by atoms with van der Waals surface area (Å²) in [7, 11) is 1.52. The van der Waals surface area contributed by atoms with Crippen molar-refractivity contribution >= 4 is 11.7 Å². The third kappa shape index (κ3) is 4.88. The van der Waals surface area contributed by atoms with Crippen LogP contribution in [0.25, 0.3) is 0 Å². The number of urea groups is 1. The molecule has 0 radical (unpaired) electrons. The number of nitrogens with one attached hydrogen (secondary N) is 2. The van der Waals surface area contributed by atoms with Crippen molar-refractivity contribution in [3.63, 3.8) is 0 Å². The Balaban J connectivity index is 2.11. The number of rotatable bonds is 5. The summed E-state index contributed by atoms with van der Waals surface area (Å²) >= 11 is 0. The van der Waals surface area contributed by atoms with E-state index < -0.39 is 17.8 Å². The molecule has 0 aliphatic heterocycles. The molecular weight excluding hydrogens is 337 g/mol. The second kappa shape index (κ2) is 7.45. The van der Waals surface area contributed by atoms with Gasteiger partial charge >= 0.3 is 12.2 Å². The standard InChI is InChI=1S/C16H19F3N4O2/c1-4-25-13-6-5-11(7-12(13)16(17,18)19)22-15(24)23(3)9-14-20-8-10(2)21-14/h5-8H,4,9H2,1-3H3,(H,20,21)(H,22,24). The zero-order valence-corrected chi connectivity index (χ0v) is 14.1. The molecule has 136 valence electrons. The summed E-state index contributed by atoms with van der Waals surface area (Å²) < 4.78 is 44.4. The fraction of sp³-hybridized carbons (Fsp3) is 0.375. The van der Waals surface area contributed by atoms with Gasteiger partial charge in [0.1, 0.15) is 11.6 Å². The van der Waals surface area contributed by atoms with Gasteiger partial charge in [0, 0.05) is 24.6 Å². The monoisotopic (exact) mass is 356 g/mol. The first-order valence-corrected chi connectivity index (χ1v) is 7.57. The predicted octanol–water partition coefficient (Wildman–Crippen LogP) is 3.80. The van der Waals surface area contributed by atoms with Gasteiger partial charge in [0.25, 0.3) is 0 Å². The molecule has 0 fully saturated rings. The van der Waals surface area contributed by atoms with Gasteiger partial charge in [-0.2, -0.15) is 13.2 Å². The van der Waals surface area contributed by atoms with Crippen LogP contribution in [-0.4, -0.2) is 34.6 Å². The van der Waals surface area contributed by atoms with E-state index in [1.165, 1.54) is 24.1 Å². The number of ether oxygens (including phenoxy) is 1. The second-order valence-electron chi connectivity index (χ2n) is 5.44. The molecule has 0 atom stereocenters. The van der Waals surface area contributed by atoms with Gasteiger partial charge in [-0.1, -0.05) is 0 Å². The predicted molar refractivity (Wildman–Crippen MR) is 86.4 cm³/mol. The normalized spacial score (nSPS) is 11.3. The number of alkyl halides is 3. The fourth-order valence-electron chi connectivity index (χ4n) is 2.17. The fourth-order valence-corrected chi connectivity index (χ4v) is 2.17. The quantitative estimate of drug-likeness (QED) is 0.856. The molecule has 1 aromatic carbocycles. The molecule has 0 spiro atoms. The first kappa shape index (κ1) is 18.6. The number of hydrogen-bond donors (Lipinski definition) is 2. The number of amides is 2. The van der Waals surface area contributed by atoms with Gasteiger partial charge in [0.05, 0.1) is 18.7 Å². The summed E-state index contributed by atoms with van der Waals surface area (Å²) in [4.78, 5) is 20.5. The van der Waals surface area contributed by atoms with E-state index in [4.69, 9.17) is 4.74 Å². The van der Waals surface area contributed by atoms with Gasteiger partial charge in [0.2, 0.25) is 0 Å². The van der Waals surface area contributed by atoms with Crippen molar-refractivity contribution in [1.29, 1.82) is 0 Å². The number of benzene rings is 1. The van der Waals surface area contributed by atoms with Crippen LogP contribution in [0.3, 0.4) is 0 Å². The average Bonchev–Trinajstić information content (AvgIpc) is 2.93. The van der Waals surface area contributed by atoms with E-state index in [-0.39, 0.29) is 24.6 Å². The number of H-pyrrole nitrogens is 1. The number of aromatic nitrogens is 2. The van der Waals surface area contributed by atoms with Crippen molar-refractivity contribution < 1.29 is 22.7 Å². The lowest BCUT2D eigenvalue weighted by Crippen LogP contribution is -2.31. The number of aryl methyl sites for hydroxylation is 1. The van der Waals surface area contributed by atoms with Gasteiger partial charge in [-0.3, -0.25) is 0 Å². The molecule has 2 rings (SSSR count). The number of hydrogen-bond acceptors (Lipinski definition) is 3. The molecule has 0 saturated heterocycles. The van der Waals surface area contributed by atoms with Crippen LogP contribution in [0.15, 0.2) is 24.4 Å². The van der Waals surface area contributed by atoms with Crippen molar-refractivity contribution in [2.24, 2.45) is 0 Å². The van der Waals surface area contributed by atoms with E-state index in [0.29, 0.717) is 5.82 Å². The number of carbonyl (C=O) groups is 1. The Labute approximate surface area is 143 Å². The summed E-state index contributed by atoms with van der Waals surface area (Å²) in [6.07, 6.45) is -2.95. The molecule has 2 amide bonds. The van der Waals surface area contributed by atoms with E-state index in [1.807, 2.05) is 6.92 Å². The second-order valence-corrected chi connectivity index (χ2v) is 5.44. The zero-order chi connectivity index (χ0) is 18.6. The van der Waals surface area contributed by atoms with Crippen LogP contribution in [0.2, 0.25) is 0 Å². The lowest BCUT2D eigenvalue weighted by molar-refractivity contribution is -0.138. The molecule has 0 saturated carbocycles. The van der Waals surface area contributed by atoms with E-state index in [0.717, 1.165) is 11.8 Å². The Morgan fingerprint density at radius 3 is 2.68 bits per heavy atom. The maximum Gasteiger partial charge on any atom is 0.420 e. The highest BCUT2D eigenvalue weighted by atomic mass is 19.4. The number of carbonyl (C=O) groups excluding carboxylic acids is 1. The topological polar surface area (TPSA) is 70.2 Å². The molecule has 6 nitrogen and oxygen atoms in total. The summed E-state index contributed by atoms with van der Waals surface area (Å²) in [5.41, 5.74) is -0.0511. The first-order valence-electron chi connectivity index (χ1n) is 7.57. The molecule has 1 heterocycles.